The summed E-state index contributed by atoms with van der Waals surface area (Å²) in [5.41, 5.74) is 3.20. The third kappa shape index (κ3) is 3.73. The molecule has 0 spiro atoms. The van der Waals surface area contributed by atoms with Crippen LogP contribution in [0.1, 0.15) is 49.5 Å². The van der Waals surface area contributed by atoms with E-state index in [1.165, 1.54) is 0 Å². The van der Waals surface area contributed by atoms with Gasteiger partial charge in [-0.15, -0.1) is 0 Å². The van der Waals surface area contributed by atoms with Gasteiger partial charge in [0.25, 0.3) is 5.91 Å². The van der Waals surface area contributed by atoms with Gasteiger partial charge in [0, 0.05) is 29.9 Å². The van der Waals surface area contributed by atoms with Gasteiger partial charge in [0.15, 0.2) is 0 Å². The Bertz CT molecular complexity index is 806. The second-order valence-electron chi connectivity index (χ2n) is 7.45. The molecule has 0 radical (unpaired) electrons. The van der Waals surface area contributed by atoms with Gasteiger partial charge in [-0.3, -0.25) is 9.59 Å². The summed E-state index contributed by atoms with van der Waals surface area (Å²) in [6.45, 7) is 7.09. The fraction of sp³-hybridized carbons (Fsp3) is 0.333. The summed E-state index contributed by atoms with van der Waals surface area (Å²) in [6, 6.07) is 15.1. The zero-order valence-electron chi connectivity index (χ0n) is 15.0. The fourth-order valence-electron chi connectivity index (χ4n) is 3.18. The van der Waals surface area contributed by atoms with Gasteiger partial charge in [0.1, 0.15) is 0 Å². The molecule has 4 heteroatoms. The van der Waals surface area contributed by atoms with Crippen LogP contribution in [0.15, 0.2) is 48.5 Å². The maximum absolute atomic E-state index is 12.7. The van der Waals surface area contributed by atoms with Crippen molar-refractivity contribution in [2.45, 2.75) is 39.0 Å². The molecule has 3 rings (SSSR count). The molecule has 1 N–H and O–H groups in total. The second kappa shape index (κ2) is 6.71. The first-order valence-electron chi connectivity index (χ1n) is 8.67. The molecule has 0 aliphatic carbocycles. The first-order chi connectivity index (χ1) is 11.9. The number of nitrogens with zero attached hydrogens (tertiary/aromatic N) is 1. The Hall–Kier alpha value is -2.62. The SMILES string of the molecule is CC(C)(C)c1ccccc1NC(=O)c1cccc(N2CCCC2=O)c1. The summed E-state index contributed by atoms with van der Waals surface area (Å²) in [6.07, 6.45) is 1.45. The molecular formula is C21H24N2O2. The quantitative estimate of drug-likeness (QED) is 0.905. The summed E-state index contributed by atoms with van der Waals surface area (Å²) in [5, 5.41) is 3.02. The minimum Gasteiger partial charge on any atom is -0.322 e. The van der Waals surface area contributed by atoms with Gasteiger partial charge in [-0.1, -0.05) is 45.0 Å². The standard InChI is InChI=1S/C21H24N2O2/c1-21(2,3)17-10-4-5-11-18(17)22-20(25)15-8-6-9-16(14-15)23-13-7-12-19(23)24/h4-6,8-11,14H,7,12-13H2,1-3H3,(H,22,25). The minimum absolute atomic E-state index is 0.0618. The van der Waals surface area contributed by atoms with Crippen LogP contribution in [0.5, 0.6) is 0 Å². The van der Waals surface area contributed by atoms with Gasteiger partial charge in [-0.05, 0) is 41.7 Å². The van der Waals surface area contributed by atoms with E-state index >= 15 is 0 Å². The van der Waals surface area contributed by atoms with Crippen LogP contribution in [0.2, 0.25) is 0 Å². The minimum atomic E-state index is -0.162. The highest BCUT2D eigenvalue weighted by Crippen LogP contribution is 2.30. The summed E-state index contributed by atoms with van der Waals surface area (Å²) in [7, 11) is 0. The average Bonchev–Trinajstić information content (AvgIpc) is 3.00. The lowest BCUT2D eigenvalue weighted by atomic mass is 9.86. The smallest absolute Gasteiger partial charge is 0.255 e. The van der Waals surface area contributed by atoms with E-state index in [0.717, 1.165) is 29.9 Å². The molecule has 2 aromatic carbocycles. The Morgan fingerprint density at radius 1 is 1.08 bits per heavy atom. The van der Waals surface area contributed by atoms with Gasteiger partial charge in [-0.25, -0.2) is 0 Å². The number of carbonyl (C=O) groups is 2. The number of rotatable bonds is 3. The summed E-state index contributed by atoms with van der Waals surface area (Å²) in [5.74, 6) is -0.0409. The van der Waals surface area contributed by atoms with Crippen molar-refractivity contribution in [3.8, 4) is 0 Å². The van der Waals surface area contributed by atoms with E-state index in [-0.39, 0.29) is 17.2 Å². The number of nitrogens with one attached hydrogen (secondary N) is 1. The van der Waals surface area contributed by atoms with E-state index in [9.17, 15) is 9.59 Å². The van der Waals surface area contributed by atoms with E-state index in [1.54, 1.807) is 17.0 Å². The summed E-state index contributed by atoms with van der Waals surface area (Å²) in [4.78, 5) is 26.4. The van der Waals surface area contributed by atoms with Crippen molar-refractivity contribution in [2.75, 3.05) is 16.8 Å². The molecule has 1 aliphatic rings. The Morgan fingerprint density at radius 3 is 2.52 bits per heavy atom. The van der Waals surface area contributed by atoms with E-state index in [2.05, 4.69) is 26.1 Å². The maximum Gasteiger partial charge on any atom is 0.255 e. The van der Waals surface area contributed by atoms with Crippen molar-refractivity contribution in [1.82, 2.24) is 0 Å². The third-order valence-electron chi connectivity index (χ3n) is 4.48. The van der Waals surface area contributed by atoms with Gasteiger partial charge in [-0.2, -0.15) is 0 Å². The van der Waals surface area contributed by atoms with Crippen molar-refractivity contribution >= 4 is 23.2 Å². The van der Waals surface area contributed by atoms with Crippen LogP contribution in [-0.2, 0) is 10.2 Å². The number of anilines is 2. The first kappa shape index (κ1) is 17.2. The van der Waals surface area contributed by atoms with Crippen molar-refractivity contribution in [3.05, 3.63) is 59.7 Å². The van der Waals surface area contributed by atoms with Crippen LogP contribution in [-0.4, -0.2) is 18.4 Å². The van der Waals surface area contributed by atoms with Gasteiger partial charge < -0.3 is 10.2 Å². The summed E-state index contributed by atoms with van der Waals surface area (Å²) >= 11 is 0. The van der Waals surface area contributed by atoms with Gasteiger partial charge in [0.2, 0.25) is 5.91 Å². The summed E-state index contributed by atoms with van der Waals surface area (Å²) < 4.78 is 0. The predicted octanol–water partition coefficient (Wildman–Crippen LogP) is 4.36. The molecule has 1 heterocycles. The van der Waals surface area contributed by atoms with Crippen LogP contribution < -0.4 is 10.2 Å². The largest absolute Gasteiger partial charge is 0.322 e. The Labute approximate surface area is 148 Å². The van der Waals surface area contributed by atoms with Crippen LogP contribution in [0.3, 0.4) is 0 Å². The molecule has 2 amide bonds. The van der Waals surface area contributed by atoms with Crippen molar-refractivity contribution < 1.29 is 9.59 Å². The van der Waals surface area contributed by atoms with E-state index in [1.807, 2.05) is 36.4 Å². The Morgan fingerprint density at radius 2 is 1.84 bits per heavy atom. The van der Waals surface area contributed by atoms with E-state index in [0.29, 0.717) is 12.0 Å². The molecular weight excluding hydrogens is 312 g/mol. The number of para-hydroxylation sites is 1. The Kier molecular flexibility index (Phi) is 4.62. The third-order valence-corrected chi connectivity index (χ3v) is 4.48. The van der Waals surface area contributed by atoms with Crippen LogP contribution in [0.4, 0.5) is 11.4 Å². The lowest BCUT2D eigenvalue weighted by Crippen LogP contribution is -2.24. The molecule has 1 fully saturated rings. The average molecular weight is 336 g/mol. The van der Waals surface area contributed by atoms with Gasteiger partial charge in [0.05, 0.1) is 0 Å². The molecule has 0 bridgehead atoms. The van der Waals surface area contributed by atoms with Crippen LogP contribution in [0, 0.1) is 0 Å². The molecule has 2 aromatic rings. The van der Waals surface area contributed by atoms with Crippen LogP contribution in [0.25, 0.3) is 0 Å². The zero-order valence-corrected chi connectivity index (χ0v) is 15.0. The lowest BCUT2D eigenvalue weighted by Gasteiger charge is -2.23. The molecule has 4 nitrogen and oxygen atoms in total. The molecule has 1 saturated heterocycles. The fourth-order valence-corrected chi connectivity index (χ4v) is 3.18. The predicted molar refractivity (Wildman–Crippen MR) is 101 cm³/mol. The van der Waals surface area contributed by atoms with E-state index in [4.69, 9.17) is 0 Å². The van der Waals surface area contributed by atoms with Crippen molar-refractivity contribution in [1.29, 1.82) is 0 Å². The number of hydrogen-bond acceptors (Lipinski definition) is 2. The van der Waals surface area contributed by atoms with Gasteiger partial charge >= 0.3 is 0 Å². The lowest BCUT2D eigenvalue weighted by molar-refractivity contribution is -0.117. The van der Waals surface area contributed by atoms with Crippen molar-refractivity contribution in [2.24, 2.45) is 0 Å². The second-order valence-corrected chi connectivity index (χ2v) is 7.45. The highest BCUT2D eigenvalue weighted by atomic mass is 16.2. The van der Waals surface area contributed by atoms with Crippen LogP contribution >= 0.6 is 0 Å². The molecule has 0 saturated carbocycles. The molecule has 0 atom stereocenters. The maximum atomic E-state index is 12.7. The molecule has 0 unspecified atom stereocenters. The number of carbonyl (C=O) groups excluding carboxylic acids is 2. The zero-order chi connectivity index (χ0) is 18.0. The highest BCUT2D eigenvalue weighted by molar-refractivity contribution is 6.06. The monoisotopic (exact) mass is 336 g/mol. The van der Waals surface area contributed by atoms with E-state index < -0.39 is 0 Å². The topological polar surface area (TPSA) is 49.4 Å². The molecule has 130 valence electrons. The van der Waals surface area contributed by atoms with Crippen molar-refractivity contribution in [3.63, 3.8) is 0 Å². The molecule has 25 heavy (non-hydrogen) atoms. The highest BCUT2D eigenvalue weighted by Gasteiger charge is 2.23. The molecule has 0 aromatic heterocycles. The number of hydrogen-bond donors (Lipinski definition) is 1. The number of benzene rings is 2. The normalized spacial score (nSPS) is 14.7. The molecule has 1 aliphatic heterocycles. The Balaban J connectivity index is 1.84. The first-order valence-corrected chi connectivity index (χ1v) is 8.67. The number of amides is 2.